The van der Waals surface area contributed by atoms with E-state index in [1.807, 2.05) is 0 Å². The van der Waals surface area contributed by atoms with Crippen molar-refractivity contribution < 1.29 is 26.7 Å². The summed E-state index contributed by atoms with van der Waals surface area (Å²) in [7, 11) is -3.41. The van der Waals surface area contributed by atoms with Gasteiger partial charge in [-0.3, -0.25) is 4.79 Å². The van der Waals surface area contributed by atoms with E-state index in [-0.39, 0.29) is 22.8 Å². The van der Waals surface area contributed by atoms with Crippen LogP contribution in [0.3, 0.4) is 0 Å². The molecule has 0 aliphatic heterocycles. The minimum Gasteiger partial charge on any atom is -0.435 e. The van der Waals surface area contributed by atoms with E-state index in [0.717, 1.165) is 6.26 Å². The fourth-order valence-electron chi connectivity index (χ4n) is 1.98. The lowest BCUT2D eigenvalue weighted by molar-refractivity contribution is -0.0498. The molecule has 0 atom stereocenters. The Morgan fingerprint density at radius 2 is 1.88 bits per heavy atom. The van der Waals surface area contributed by atoms with Gasteiger partial charge in [0.25, 0.3) is 5.91 Å². The fourth-order valence-corrected chi connectivity index (χ4v) is 2.65. The van der Waals surface area contributed by atoms with Crippen LogP contribution >= 0.6 is 0 Å². The summed E-state index contributed by atoms with van der Waals surface area (Å²) in [6, 6.07) is 11.6. The third kappa shape index (κ3) is 5.02. The molecule has 0 radical (unpaired) electrons. The summed E-state index contributed by atoms with van der Waals surface area (Å²) in [4.78, 5) is 12.1. The van der Waals surface area contributed by atoms with Crippen LogP contribution in [0.25, 0.3) is 0 Å². The maximum absolute atomic E-state index is 12.2. The zero-order valence-electron chi connectivity index (χ0n) is 12.7. The van der Waals surface area contributed by atoms with Gasteiger partial charge in [-0.15, -0.1) is 0 Å². The zero-order valence-corrected chi connectivity index (χ0v) is 13.5. The van der Waals surface area contributed by atoms with Crippen LogP contribution in [-0.4, -0.2) is 27.2 Å². The largest absolute Gasteiger partial charge is 0.435 e. The van der Waals surface area contributed by atoms with Crippen LogP contribution in [0.15, 0.2) is 53.4 Å². The molecule has 24 heavy (non-hydrogen) atoms. The van der Waals surface area contributed by atoms with Gasteiger partial charge in [-0.05, 0) is 35.9 Å². The van der Waals surface area contributed by atoms with Gasteiger partial charge in [0.05, 0.1) is 4.90 Å². The molecule has 0 heterocycles. The lowest BCUT2D eigenvalue weighted by Gasteiger charge is -2.09. The highest BCUT2D eigenvalue weighted by atomic mass is 32.2. The number of hydrogen-bond acceptors (Lipinski definition) is 4. The molecule has 0 spiro atoms. The fraction of sp³-hybridized carbons (Fsp3) is 0.188. The number of amides is 1. The van der Waals surface area contributed by atoms with Gasteiger partial charge in [-0.2, -0.15) is 8.78 Å². The normalized spacial score (nSPS) is 11.3. The van der Waals surface area contributed by atoms with E-state index in [1.165, 1.54) is 42.5 Å². The van der Waals surface area contributed by atoms with E-state index < -0.39 is 22.4 Å². The number of rotatable bonds is 6. The zero-order chi connectivity index (χ0) is 17.7. The van der Waals surface area contributed by atoms with Crippen LogP contribution in [0, 0.1) is 0 Å². The quantitative estimate of drug-likeness (QED) is 0.865. The topological polar surface area (TPSA) is 72.5 Å². The highest BCUT2D eigenvalue weighted by Crippen LogP contribution is 2.16. The number of benzene rings is 2. The summed E-state index contributed by atoms with van der Waals surface area (Å²) in [6.07, 6.45) is 1.05. The molecule has 1 amide bonds. The van der Waals surface area contributed by atoms with Crippen LogP contribution in [0.2, 0.25) is 0 Å². The van der Waals surface area contributed by atoms with Gasteiger partial charge in [0, 0.05) is 18.4 Å². The molecule has 2 aromatic carbocycles. The van der Waals surface area contributed by atoms with Crippen LogP contribution in [-0.2, 0) is 16.4 Å². The van der Waals surface area contributed by atoms with Gasteiger partial charge in [0.15, 0.2) is 9.84 Å². The van der Waals surface area contributed by atoms with Gasteiger partial charge < -0.3 is 10.1 Å². The Morgan fingerprint density at radius 1 is 1.17 bits per heavy atom. The van der Waals surface area contributed by atoms with Gasteiger partial charge in [-0.25, -0.2) is 8.42 Å². The first-order chi connectivity index (χ1) is 11.3. The Balaban J connectivity index is 2.06. The molecular formula is C16H15F2NO4S. The molecule has 0 aliphatic rings. The molecule has 0 aliphatic carbocycles. The molecule has 2 aromatic rings. The SMILES string of the molecule is CS(=O)(=O)c1cccc(C(=O)NCc2cccc(OC(F)F)c2)c1. The van der Waals surface area contributed by atoms with Gasteiger partial charge in [0.1, 0.15) is 5.75 Å². The van der Waals surface area contributed by atoms with Crippen molar-refractivity contribution in [2.24, 2.45) is 0 Å². The Hall–Kier alpha value is -2.48. The van der Waals surface area contributed by atoms with Crippen molar-refractivity contribution in [1.29, 1.82) is 0 Å². The first kappa shape index (κ1) is 17.9. The molecule has 0 unspecified atom stereocenters. The molecule has 5 nitrogen and oxygen atoms in total. The van der Waals surface area contributed by atoms with Gasteiger partial charge >= 0.3 is 6.61 Å². The maximum Gasteiger partial charge on any atom is 0.387 e. The first-order valence-electron chi connectivity index (χ1n) is 6.88. The third-order valence-corrected chi connectivity index (χ3v) is 4.21. The molecule has 0 saturated carbocycles. The molecule has 0 aromatic heterocycles. The number of nitrogens with one attached hydrogen (secondary N) is 1. The molecule has 8 heteroatoms. The van der Waals surface area contributed by atoms with Crippen molar-refractivity contribution in [3.63, 3.8) is 0 Å². The second kappa shape index (κ2) is 7.39. The molecular weight excluding hydrogens is 340 g/mol. The number of ether oxygens (including phenoxy) is 1. The highest BCUT2D eigenvalue weighted by molar-refractivity contribution is 7.90. The first-order valence-corrected chi connectivity index (χ1v) is 8.77. The maximum atomic E-state index is 12.2. The van der Waals surface area contributed by atoms with Crippen LogP contribution in [0.1, 0.15) is 15.9 Å². The predicted molar refractivity (Wildman–Crippen MR) is 83.8 cm³/mol. The number of halogens is 2. The number of alkyl halides is 2. The van der Waals surface area contributed by atoms with E-state index in [9.17, 15) is 22.0 Å². The van der Waals surface area contributed by atoms with Gasteiger partial charge in [0.2, 0.25) is 0 Å². The van der Waals surface area contributed by atoms with Gasteiger partial charge in [-0.1, -0.05) is 18.2 Å². The average Bonchev–Trinajstić information content (AvgIpc) is 2.51. The molecule has 0 bridgehead atoms. The smallest absolute Gasteiger partial charge is 0.387 e. The van der Waals surface area contributed by atoms with E-state index >= 15 is 0 Å². The summed E-state index contributed by atoms with van der Waals surface area (Å²) in [5, 5.41) is 2.60. The number of hydrogen-bond donors (Lipinski definition) is 1. The van der Waals surface area contributed by atoms with E-state index in [2.05, 4.69) is 10.1 Å². The van der Waals surface area contributed by atoms with Crippen molar-refractivity contribution in [2.75, 3.05) is 6.26 Å². The number of carbonyl (C=O) groups is 1. The summed E-state index contributed by atoms with van der Waals surface area (Å²) in [5.74, 6) is -0.475. The van der Waals surface area contributed by atoms with Crippen molar-refractivity contribution >= 4 is 15.7 Å². The molecule has 2 rings (SSSR count). The van der Waals surface area contributed by atoms with E-state index in [0.29, 0.717) is 5.56 Å². The average molecular weight is 355 g/mol. The summed E-state index contributed by atoms with van der Waals surface area (Å²) >= 11 is 0. The van der Waals surface area contributed by atoms with Crippen LogP contribution in [0.4, 0.5) is 8.78 Å². The summed E-state index contributed by atoms with van der Waals surface area (Å²) in [6.45, 7) is -2.84. The Morgan fingerprint density at radius 3 is 2.54 bits per heavy atom. The Bertz CT molecular complexity index is 837. The lowest BCUT2D eigenvalue weighted by atomic mass is 10.2. The molecule has 0 fully saturated rings. The lowest BCUT2D eigenvalue weighted by Crippen LogP contribution is -2.23. The highest BCUT2D eigenvalue weighted by Gasteiger charge is 2.12. The Kier molecular flexibility index (Phi) is 5.50. The van der Waals surface area contributed by atoms with Crippen molar-refractivity contribution in [3.8, 4) is 5.75 Å². The molecule has 0 saturated heterocycles. The molecule has 128 valence electrons. The van der Waals surface area contributed by atoms with E-state index in [1.54, 1.807) is 6.07 Å². The second-order valence-corrected chi connectivity index (χ2v) is 7.02. The minimum absolute atomic E-state index is 0.00387. The van der Waals surface area contributed by atoms with Crippen LogP contribution < -0.4 is 10.1 Å². The standard InChI is InChI=1S/C16H15F2NO4S/c1-24(21,22)14-7-3-5-12(9-14)15(20)19-10-11-4-2-6-13(8-11)23-16(17)18/h2-9,16H,10H2,1H3,(H,19,20). The summed E-state index contributed by atoms with van der Waals surface area (Å²) in [5.41, 5.74) is 0.763. The van der Waals surface area contributed by atoms with E-state index in [4.69, 9.17) is 0 Å². The summed E-state index contributed by atoms with van der Waals surface area (Å²) < 4.78 is 51.7. The van der Waals surface area contributed by atoms with Crippen molar-refractivity contribution in [1.82, 2.24) is 5.32 Å². The predicted octanol–water partition coefficient (Wildman–Crippen LogP) is 2.62. The van der Waals surface area contributed by atoms with Crippen LogP contribution in [0.5, 0.6) is 5.75 Å². The monoisotopic (exact) mass is 355 g/mol. The second-order valence-electron chi connectivity index (χ2n) is 5.01. The van der Waals surface area contributed by atoms with Crippen molar-refractivity contribution in [2.45, 2.75) is 18.1 Å². The number of sulfone groups is 1. The number of carbonyl (C=O) groups excluding carboxylic acids is 1. The Labute approximate surface area is 138 Å². The minimum atomic E-state index is -3.41. The molecule has 1 N–H and O–H groups in total. The third-order valence-electron chi connectivity index (χ3n) is 3.10. The van der Waals surface area contributed by atoms with Crippen molar-refractivity contribution in [3.05, 3.63) is 59.7 Å².